The number of amides is 4. The standard InChI is InChI=1S/C28H29F2N5O4/c29-20-7-3-17(4-8-20)13-26(36)35-28(38)33-21-9-10-24(22(30)14-21)39-25-11-12-32-16-23(25)34-27(37)19-5-1-18(15-31)2-6-19/h3-4,7-12,14,16,18-19H,1-2,5-6,13,15,31H2,(H,34,37)(H2,33,35,36,38). The molecule has 9 nitrogen and oxygen atoms in total. The highest BCUT2D eigenvalue weighted by atomic mass is 19.1. The number of anilines is 2. The van der Waals surface area contributed by atoms with Gasteiger partial charge < -0.3 is 21.1 Å². The average Bonchev–Trinajstić information content (AvgIpc) is 2.92. The van der Waals surface area contributed by atoms with Crippen molar-refractivity contribution in [3.05, 3.63) is 78.1 Å². The predicted octanol–water partition coefficient (Wildman–Crippen LogP) is 4.75. The summed E-state index contributed by atoms with van der Waals surface area (Å²) < 4.78 is 33.5. The van der Waals surface area contributed by atoms with Gasteiger partial charge in [-0.05, 0) is 68.0 Å². The van der Waals surface area contributed by atoms with Gasteiger partial charge in [-0.2, -0.15) is 0 Å². The number of aromatic nitrogens is 1. The van der Waals surface area contributed by atoms with Crippen LogP contribution in [0.15, 0.2) is 60.9 Å². The lowest BCUT2D eigenvalue weighted by atomic mass is 9.81. The molecule has 39 heavy (non-hydrogen) atoms. The molecule has 0 bridgehead atoms. The van der Waals surface area contributed by atoms with E-state index in [-0.39, 0.29) is 35.4 Å². The summed E-state index contributed by atoms with van der Waals surface area (Å²) >= 11 is 0. The number of carbonyl (C=O) groups excluding carboxylic acids is 3. The van der Waals surface area contributed by atoms with Gasteiger partial charge in [0.1, 0.15) is 11.5 Å². The zero-order valence-corrected chi connectivity index (χ0v) is 21.1. The van der Waals surface area contributed by atoms with Crippen LogP contribution in [0.5, 0.6) is 11.5 Å². The summed E-state index contributed by atoms with van der Waals surface area (Å²) in [5.74, 6) is -1.60. The summed E-state index contributed by atoms with van der Waals surface area (Å²) in [5, 5.41) is 7.35. The van der Waals surface area contributed by atoms with E-state index in [4.69, 9.17) is 10.5 Å². The van der Waals surface area contributed by atoms with Gasteiger partial charge in [0.15, 0.2) is 17.3 Å². The second-order valence-corrected chi connectivity index (χ2v) is 9.37. The van der Waals surface area contributed by atoms with Crippen molar-refractivity contribution in [2.75, 3.05) is 17.2 Å². The Labute approximate surface area is 224 Å². The Morgan fingerprint density at radius 3 is 2.38 bits per heavy atom. The highest BCUT2D eigenvalue weighted by Gasteiger charge is 2.26. The monoisotopic (exact) mass is 537 g/mol. The number of pyridine rings is 1. The first kappa shape index (κ1) is 27.6. The van der Waals surface area contributed by atoms with Crippen LogP contribution in [0.2, 0.25) is 0 Å². The van der Waals surface area contributed by atoms with E-state index >= 15 is 0 Å². The van der Waals surface area contributed by atoms with E-state index < -0.39 is 23.6 Å². The summed E-state index contributed by atoms with van der Waals surface area (Å²) in [6.07, 6.45) is 6.05. The molecule has 1 heterocycles. The van der Waals surface area contributed by atoms with Gasteiger partial charge in [-0.25, -0.2) is 13.6 Å². The summed E-state index contributed by atoms with van der Waals surface area (Å²) in [6, 6.07) is 9.71. The number of nitrogens with one attached hydrogen (secondary N) is 3. The lowest BCUT2D eigenvalue weighted by Gasteiger charge is -2.26. The molecule has 3 aromatic rings. The average molecular weight is 538 g/mol. The number of nitrogens with zero attached hydrogens (tertiary/aromatic N) is 1. The lowest BCUT2D eigenvalue weighted by molar-refractivity contribution is -0.121. The van der Waals surface area contributed by atoms with Crippen LogP contribution >= 0.6 is 0 Å². The first-order valence-corrected chi connectivity index (χ1v) is 12.6. The maximum Gasteiger partial charge on any atom is 0.325 e. The van der Waals surface area contributed by atoms with Gasteiger partial charge in [-0.15, -0.1) is 0 Å². The van der Waals surface area contributed by atoms with Gasteiger partial charge in [0.05, 0.1) is 12.6 Å². The van der Waals surface area contributed by atoms with Crippen molar-refractivity contribution >= 4 is 29.2 Å². The van der Waals surface area contributed by atoms with E-state index in [1.54, 1.807) is 0 Å². The van der Waals surface area contributed by atoms with Gasteiger partial charge in [0, 0.05) is 29.9 Å². The summed E-state index contributed by atoms with van der Waals surface area (Å²) in [6.45, 7) is 0.620. The smallest absolute Gasteiger partial charge is 0.325 e. The molecule has 4 amide bonds. The first-order chi connectivity index (χ1) is 18.8. The molecule has 1 aliphatic rings. The Balaban J connectivity index is 1.33. The quantitative estimate of drug-likeness (QED) is 0.328. The van der Waals surface area contributed by atoms with Crippen molar-refractivity contribution in [2.45, 2.75) is 32.1 Å². The third kappa shape index (κ3) is 7.81. The number of nitrogens with two attached hydrogens (primary N) is 1. The second kappa shape index (κ2) is 12.9. The zero-order chi connectivity index (χ0) is 27.8. The molecule has 4 rings (SSSR count). The predicted molar refractivity (Wildman–Crippen MR) is 141 cm³/mol. The molecule has 204 valence electrons. The largest absolute Gasteiger partial charge is 0.452 e. The Bertz CT molecular complexity index is 1330. The molecular weight excluding hydrogens is 508 g/mol. The van der Waals surface area contributed by atoms with Crippen molar-refractivity contribution in [3.63, 3.8) is 0 Å². The van der Waals surface area contributed by atoms with Gasteiger partial charge in [-0.3, -0.25) is 19.9 Å². The third-order valence-electron chi connectivity index (χ3n) is 6.53. The van der Waals surface area contributed by atoms with Crippen LogP contribution in [0.1, 0.15) is 31.2 Å². The number of imide groups is 1. The van der Waals surface area contributed by atoms with Crippen molar-refractivity contribution in [1.82, 2.24) is 10.3 Å². The maximum atomic E-state index is 14.8. The van der Waals surface area contributed by atoms with Crippen molar-refractivity contribution in [1.29, 1.82) is 0 Å². The molecule has 0 aliphatic heterocycles. The van der Waals surface area contributed by atoms with Crippen LogP contribution in [0.25, 0.3) is 0 Å². The van der Waals surface area contributed by atoms with Gasteiger partial charge in [0.2, 0.25) is 11.8 Å². The third-order valence-corrected chi connectivity index (χ3v) is 6.53. The molecular formula is C28H29F2N5O4. The van der Waals surface area contributed by atoms with Crippen LogP contribution in [0.3, 0.4) is 0 Å². The normalized spacial score (nSPS) is 16.7. The van der Waals surface area contributed by atoms with Crippen molar-refractivity contribution in [2.24, 2.45) is 17.6 Å². The Kier molecular flexibility index (Phi) is 9.16. The number of urea groups is 1. The Morgan fingerprint density at radius 2 is 1.69 bits per heavy atom. The molecule has 0 radical (unpaired) electrons. The minimum Gasteiger partial charge on any atom is -0.452 e. The topological polar surface area (TPSA) is 135 Å². The van der Waals surface area contributed by atoms with Crippen LogP contribution in [0.4, 0.5) is 25.0 Å². The van der Waals surface area contributed by atoms with Crippen molar-refractivity contribution in [3.8, 4) is 11.5 Å². The fourth-order valence-electron chi connectivity index (χ4n) is 4.36. The molecule has 1 aromatic heterocycles. The minimum absolute atomic E-state index is 0.0864. The van der Waals surface area contributed by atoms with E-state index in [9.17, 15) is 23.2 Å². The second-order valence-electron chi connectivity index (χ2n) is 9.37. The first-order valence-electron chi connectivity index (χ1n) is 12.6. The van der Waals surface area contributed by atoms with Crippen molar-refractivity contribution < 1.29 is 27.9 Å². The van der Waals surface area contributed by atoms with Gasteiger partial charge in [-0.1, -0.05) is 12.1 Å². The summed E-state index contributed by atoms with van der Waals surface area (Å²) in [7, 11) is 0. The number of hydrogen-bond donors (Lipinski definition) is 4. The number of hydrogen-bond acceptors (Lipinski definition) is 6. The number of ether oxygens (including phenoxy) is 1. The van der Waals surface area contributed by atoms with E-state index in [0.29, 0.717) is 23.7 Å². The lowest BCUT2D eigenvalue weighted by Crippen LogP contribution is -2.35. The van der Waals surface area contributed by atoms with E-state index in [1.165, 1.54) is 54.9 Å². The molecule has 0 spiro atoms. The Hall–Kier alpha value is -4.38. The molecule has 2 aromatic carbocycles. The summed E-state index contributed by atoms with van der Waals surface area (Å²) in [5.41, 5.74) is 6.66. The highest BCUT2D eigenvalue weighted by Crippen LogP contribution is 2.33. The maximum absolute atomic E-state index is 14.8. The van der Waals surface area contributed by atoms with E-state index in [2.05, 4.69) is 20.9 Å². The number of benzene rings is 2. The van der Waals surface area contributed by atoms with Crippen LogP contribution in [-0.2, 0) is 16.0 Å². The number of rotatable bonds is 8. The molecule has 1 saturated carbocycles. The van der Waals surface area contributed by atoms with Crippen LogP contribution in [-0.4, -0.2) is 29.4 Å². The SMILES string of the molecule is NCC1CCC(C(=O)Nc2cnccc2Oc2ccc(NC(=O)NC(=O)Cc3ccc(F)cc3)cc2F)CC1. The molecule has 1 fully saturated rings. The minimum atomic E-state index is -0.852. The van der Waals surface area contributed by atoms with Gasteiger partial charge >= 0.3 is 6.03 Å². The highest BCUT2D eigenvalue weighted by molar-refractivity contribution is 6.01. The van der Waals surface area contributed by atoms with Gasteiger partial charge in [0.25, 0.3) is 0 Å². The fraction of sp³-hybridized carbons (Fsp3) is 0.286. The molecule has 0 saturated heterocycles. The zero-order valence-electron chi connectivity index (χ0n) is 21.1. The van der Waals surface area contributed by atoms with E-state index in [1.807, 2.05) is 0 Å². The molecule has 0 unspecified atom stereocenters. The molecule has 5 N–H and O–H groups in total. The number of halogens is 2. The Morgan fingerprint density at radius 1 is 0.949 bits per heavy atom. The van der Waals surface area contributed by atoms with Crippen LogP contribution < -0.4 is 26.4 Å². The molecule has 1 aliphatic carbocycles. The molecule has 0 atom stereocenters. The summed E-state index contributed by atoms with van der Waals surface area (Å²) in [4.78, 5) is 41.0. The molecule has 11 heteroatoms. The fourth-order valence-corrected chi connectivity index (χ4v) is 4.36. The number of carbonyl (C=O) groups is 3. The van der Waals surface area contributed by atoms with E-state index in [0.717, 1.165) is 31.7 Å². The van der Waals surface area contributed by atoms with Crippen LogP contribution in [0, 0.1) is 23.5 Å².